The van der Waals surface area contributed by atoms with E-state index in [2.05, 4.69) is 15.3 Å². The van der Waals surface area contributed by atoms with Gasteiger partial charge in [-0.25, -0.2) is 4.98 Å². The topological polar surface area (TPSA) is 64.1 Å². The van der Waals surface area contributed by atoms with Gasteiger partial charge in [0, 0.05) is 36.3 Å². The molecule has 4 rings (SSSR count). The monoisotopic (exact) mass is 409 g/mol. The summed E-state index contributed by atoms with van der Waals surface area (Å²) in [6.45, 7) is 4.38. The Morgan fingerprint density at radius 2 is 1.74 bits per heavy atom. The van der Waals surface area contributed by atoms with Gasteiger partial charge < -0.3 is 10.1 Å². The molecular formula is C26H23N3O2. The van der Waals surface area contributed by atoms with E-state index in [9.17, 15) is 4.79 Å². The molecule has 4 aromatic rings. The van der Waals surface area contributed by atoms with E-state index < -0.39 is 0 Å². The number of benzene rings is 2. The summed E-state index contributed by atoms with van der Waals surface area (Å²) in [7, 11) is 0. The van der Waals surface area contributed by atoms with E-state index in [1.165, 1.54) is 5.56 Å². The van der Waals surface area contributed by atoms with Gasteiger partial charge in [-0.2, -0.15) is 0 Å². The zero-order chi connectivity index (χ0) is 21.6. The lowest BCUT2D eigenvalue weighted by molar-refractivity contribution is 0.0950. The molecule has 0 radical (unpaired) electrons. The minimum atomic E-state index is -0.180. The molecule has 0 aliphatic carbocycles. The molecule has 0 aliphatic rings. The maximum atomic E-state index is 12.9. The maximum absolute atomic E-state index is 12.9. The maximum Gasteiger partial charge on any atom is 0.251 e. The van der Waals surface area contributed by atoms with Crippen LogP contribution in [-0.2, 0) is 6.54 Å². The number of hydrogen-bond acceptors (Lipinski definition) is 4. The Balaban J connectivity index is 1.62. The fourth-order valence-corrected chi connectivity index (χ4v) is 3.12. The fourth-order valence-electron chi connectivity index (χ4n) is 3.12. The van der Waals surface area contributed by atoms with Gasteiger partial charge in [0.2, 0.25) is 5.88 Å². The lowest BCUT2D eigenvalue weighted by Crippen LogP contribution is -2.23. The van der Waals surface area contributed by atoms with E-state index in [0.717, 1.165) is 22.4 Å². The smallest absolute Gasteiger partial charge is 0.251 e. The average Bonchev–Trinajstić information content (AvgIpc) is 2.79. The highest BCUT2D eigenvalue weighted by atomic mass is 16.5. The predicted octanol–water partition coefficient (Wildman–Crippen LogP) is 5.48. The van der Waals surface area contributed by atoms with E-state index in [1.807, 2.05) is 74.5 Å². The normalized spacial score (nSPS) is 10.5. The van der Waals surface area contributed by atoms with Gasteiger partial charge in [-0.15, -0.1) is 0 Å². The van der Waals surface area contributed by atoms with E-state index in [1.54, 1.807) is 24.5 Å². The first-order valence-corrected chi connectivity index (χ1v) is 10.1. The largest absolute Gasteiger partial charge is 0.439 e. The number of aromatic nitrogens is 2. The Labute approximate surface area is 181 Å². The van der Waals surface area contributed by atoms with Gasteiger partial charge in [0.15, 0.2) is 0 Å². The van der Waals surface area contributed by atoms with Crippen molar-refractivity contribution < 1.29 is 9.53 Å². The molecular weight excluding hydrogens is 386 g/mol. The molecule has 0 atom stereocenters. The van der Waals surface area contributed by atoms with Crippen LogP contribution in [0.15, 0.2) is 85.2 Å². The zero-order valence-electron chi connectivity index (χ0n) is 17.5. The van der Waals surface area contributed by atoms with Crippen molar-refractivity contribution in [3.63, 3.8) is 0 Å². The van der Waals surface area contributed by atoms with Gasteiger partial charge in [-0.1, -0.05) is 42.0 Å². The first kappa shape index (κ1) is 20.3. The summed E-state index contributed by atoms with van der Waals surface area (Å²) < 4.78 is 5.93. The van der Waals surface area contributed by atoms with Gasteiger partial charge in [0.1, 0.15) is 5.75 Å². The summed E-state index contributed by atoms with van der Waals surface area (Å²) in [4.78, 5) is 21.4. The van der Waals surface area contributed by atoms with Gasteiger partial charge in [-0.3, -0.25) is 9.78 Å². The van der Waals surface area contributed by atoms with Gasteiger partial charge in [0.25, 0.3) is 5.91 Å². The second-order valence-electron chi connectivity index (χ2n) is 7.37. The lowest BCUT2D eigenvalue weighted by Gasteiger charge is -2.12. The highest BCUT2D eigenvalue weighted by molar-refractivity contribution is 5.96. The lowest BCUT2D eigenvalue weighted by atomic mass is 10.0. The summed E-state index contributed by atoms with van der Waals surface area (Å²) in [6, 6.07) is 23.0. The van der Waals surface area contributed by atoms with Crippen molar-refractivity contribution in [3.05, 3.63) is 108 Å². The third-order valence-electron chi connectivity index (χ3n) is 4.84. The number of rotatable bonds is 6. The summed E-state index contributed by atoms with van der Waals surface area (Å²) in [5.74, 6) is 0.847. The number of ether oxygens (including phenoxy) is 1. The Kier molecular flexibility index (Phi) is 6.03. The Hall–Kier alpha value is -3.99. The van der Waals surface area contributed by atoms with Crippen molar-refractivity contribution in [1.29, 1.82) is 0 Å². The molecule has 31 heavy (non-hydrogen) atoms. The number of carbonyl (C=O) groups is 1. The third kappa shape index (κ3) is 5.34. The quantitative estimate of drug-likeness (QED) is 0.458. The average molecular weight is 409 g/mol. The van der Waals surface area contributed by atoms with Gasteiger partial charge in [0.05, 0.1) is 0 Å². The molecule has 5 heteroatoms. The molecule has 0 saturated carbocycles. The Morgan fingerprint density at radius 3 is 2.45 bits per heavy atom. The molecule has 2 aromatic heterocycles. The highest BCUT2D eigenvalue weighted by Gasteiger charge is 2.12. The van der Waals surface area contributed by atoms with Crippen molar-refractivity contribution in [3.8, 4) is 22.8 Å². The molecule has 1 amide bonds. The van der Waals surface area contributed by atoms with Crippen molar-refractivity contribution in [2.24, 2.45) is 0 Å². The van der Waals surface area contributed by atoms with Crippen molar-refractivity contribution in [2.75, 3.05) is 0 Å². The summed E-state index contributed by atoms with van der Waals surface area (Å²) in [6.07, 6.45) is 3.44. The molecule has 0 spiro atoms. The number of pyridine rings is 2. The van der Waals surface area contributed by atoms with Crippen LogP contribution in [0.25, 0.3) is 11.1 Å². The van der Waals surface area contributed by atoms with Crippen LogP contribution in [0.1, 0.15) is 27.2 Å². The molecule has 154 valence electrons. The van der Waals surface area contributed by atoms with Crippen LogP contribution in [0.5, 0.6) is 11.6 Å². The van der Waals surface area contributed by atoms with Crippen molar-refractivity contribution in [2.45, 2.75) is 20.4 Å². The summed E-state index contributed by atoms with van der Waals surface area (Å²) in [5.41, 5.74) is 5.48. The van der Waals surface area contributed by atoms with Crippen LogP contribution >= 0.6 is 0 Å². The number of amides is 1. The first-order chi connectivity index (χ1) is 15.1. The molecule has 2 aromatic carbocycles. The molecule has 0 unspecified atom stereocenters. The first-order valence-electron chi connectivity index (χ1n) is 10.1. The SMILES string of the molecule is Cc1ccc(-c2cc(Oc3ccccn3)cc(C(=O)NCc3ccc(C)nc3)c2)cc1. The van der Waals surface area contributed by atoms with Crippen LogP contribution in [0.4, 0.5) is 0 Å². The molecule has 0 bridgehead atoms. The standard InChI is InChI=1S/C26H23N3O2/c1-18-6-10-21(11-7-18)22-13-23(15-24(14-22)31-25-5-3-4-12-27-25)26(30)29-17-20-9-8-19(2)28-16-20/h3-16H,17H2,1-2H3,(H,29,30). The van der Waals surface area contributed by atoms with Crippen molar-refractivity contribution in [1.82, 2.24) is 15.3 Å². The van der Waals surface area contributed by atoms with Gasteiger partial charge >= 0.3 is 0 Å². The molecule has 0 saturated heterocycles. The number of nitrogens with zero attached hydrogens (tertiary/aromatic N) is 2. The Bertz CT molecular complexity index is 1170. The molecule has 1 N–H and O–H groups in total. The van der Waals surface area contributed by atoms with Crippen LogP contribution in [0, 0.1) is 13.8 Å². The zero-order valence-corrected chi connectivity index (χ0v) is 17.5. The van der Waals surface area contributed by atoms with Crippen LogP contribution in [0.3, 0.4) is 0 Å². The highest BCUT2D eigenvalue weighted by Crippen LogP contribution is 2.29. The van der Waals surface area contributed by atoms with E-state index in [0.29, 0.717) is 23.7 Å². The minimum absolute atomic E-state index is 0.180. The fraction of sp³-hybridized carbons (Fsp3) is 0.115. The van der Waals surface area contributed by atoms with Gasteiger partial charge in [-0.05, 0) is 60.9 Å². The second kappa shape index (κ2) is 9.22. The summed E-state index contributed by atoms with van der Waals surface area (Å²) >= 11 is 0. The number of carbonyl (C=O) groups excluding carboxylic acids is 1. The molecule has 0 aliphatic heterocycles. The minimum Gasteiger partial charge on any atom is -0.439 e. The molecule has 5 nitrogen and oxygen atoms in total. The van der Waals surface area contributed by atoms with Crippen LogP contribution in [0.2, 0.25) is 0 Å². The number of aryl methyl sites for hydroxylation is 2. The van der Waals surface area contributed by atoms with E-state index >= 15 is 0 Å². The van der Waals surface area contributed by atoms with E-state index in [-0.39, 0.29) is 5.91 Å². The Morgan fingerprint density at radius 1 is 0.903 bits per heavy atom. The number of nitrogens with one attached hydrogen (secondary N) is 1. The summed E-state index contributed by atoms with van der Waals surface area (Å²) in [5, 5.41) is 2.96. The third-order valence-corrected chi connectivity index (χ3v) is 4.84. The van der Waals surface area contributed by atoms with Crippen molar-refractivity contribution >= 4 is 5.91 Å². The predicted molar refractivity (Wildman–Crippen MR) is 121 cm³/mol. The van der Waals surface area contributed by atoms with Crippen LogP contribution < -0.4 is 10.1 Å². The number of hydrogen-bond donors (Lipinski definition) is 1. The molecule has 2 heterocycles. The molecule has 0 fully saturated rings. The second-order valence-corrected chi connectivity index (χ2v) is 7.37. The van der Waals surface area contributed by atoms with E-state index in [4.69, 9.17) is 4.74 Å². The van der Waals surface area contributed by atoms with Crippen LogP contribution in [-0.4, -0.2) is 15.9 Å².